The molecule has 0 saturated heterocycles. The van der Waals surface area contributed by atoms with Crippen molar-refractivity contribution in [3.05, 3.63) is 54.1 Å². The predicted octanol–water partition coefficient (Wildman–Crippen LogP) is 3.43. The number of anilines is 1. The average molecular weight is 257 g/mol. The Morgan fingerprint density at radius 2 is 1.79 bits per heavy atom. The third-order valence-electron chi connectivity index (χ3n) is 3.17. The molecule has 19 heavy (non-hydrogen) atoms. The molecule has 0 aliphatic carbocycles. The van der Waals surface area contributed by atoms with E-state index in [-0.39, 0.29) is 5.75 Å². The van der Waals surface area contributed by atoms with Gasteiger partial charge in [-0.05, 0) is 25.1 Å². The highest BCUT2D eigenvalue weighted by atomic mass is 16.5. The van der Waals surface area contributed by atoms with E-state index in [2.05, 4.69) is 24.0 Å². The summed E-state index contributed by atoms with van der Waals surface area (Å²) < 4.78 is 5.14. The van der Waals surface area contributed by atoms with E-state index >= 15 is 0 Å². The van der Waals surface area contributed by atoms with Gasteiger partial charge in [-0.2, -0.15) is 0 Å². The van der Waals surface area contributed by atoms with Gasteiger partial charge in [-0.1, -0.05) is 30.3 Å². The van der Waals surface area contributed by atoms with Gasteiger partial charge in [0, 0.05) is 24.3 Å². The molecule has 100 valence electrons. The maximum Gasteiger partial charge on any atom is 0.162 e. The fourth-order valence-corrected chi connectivity index (χ4v) is 2.09. The van der Waals surface area contributed by atoms with Gasteiger partial charge in [0.05, 0.1) is 7.11 Å². The number of methoxy groups -OCH3 is 1. The smallest absolute Gasteiger partial charge is 0.162 e. The minimum absolute atomic E-state index is 0.222. The summed E-state index contributed by atoms with van der Waals surface area (Å²) in [5, 5.41) is 10.1. The fraction of sp³-hybridized carbons (Fsp3) is 0.250. The van der Waals surface area contributed by atoms with Crippen molar-refractivity contribution >= 4 is 5.69 Å². The molecule has 0 unspecified atom stereocenters. The molecule has 1 N–H and O–H groups in total. The lowest BCUT2D eigenvalue weighted by Crippen LogP contribution is -2.21. The number of phenols is 1. The zero-order chi connectivity index (χ0) is 13.7. The Labute approximate surface area is 114 Å². The van der Waals surface area contributed by atoms with E-state index in [4.69, 9.17) is 4.74 Å². The minimum Gasteiger partial charge on any atom is -0.504 e. The van der Waals surface area contributed by atoms with Gasteiger partial charge in [0.1, 0.15) is 0 Å². The average Bonchev–Trinajstić information content (AvgIpc) is 2.47. The first-order chi connectivity index (χ1) is 9.26. The molecule has 0 heterocycles. The Bertz CT molecular complexity index is 526. The van der Waals surface area contributed by atoms with Crippen molar-refractivity contribution in [1.29, 1.82) is 0 Å². The third kappa shape index (κ3) is 2.99. The van der Waals surface area contributed by atoms with Crippen molar-refractivity contribution in [2.24, 2.45) is 0 Å². The summed E-state index contributed by atoms with van der Waals surface area (Å²) in [6, 6.07) is 15.8. The number of phenolic OH excluding ortho intramolecular Hbond substituents is 1. The van der Waals surface area contributed by atoms with Crippen molar-refractivity contribution in [3.63, 3.8) is 0 Å². The molecule has 0 saturated carbocycles. The van der Waals surface area contributed by atoms with Gasteiger partial charge in [-0.15, -0.1) is 0 Å². The number of rotatable bonds is 5. The predicted molar refractivity (Wildman–Crippen MR) is 77.8 cm³/mol. The molecule has 0 aliphatic rings. The van der Waals surface area contributed by atoms with Gasteiger partial charge in [-0.3, -0.25) is 0 Å². The number of ether oxygens (including phenoxy) is 1. The van der Waals surface area contributed by atoms with Crippen molar-refractivity contribution in [2.75, 3.05) is 18.6 Å². The standard InChI is InChI=1S/C16H19NO2/c1-3-17(14-9-5-4-6-10-14)12-13-8-7-11-15(19-2)16(13)18/h4-11,18H,3,12H2,1-2H3. The van der Waals surface area contributed by atoms with Crippen LogP contribution in [0.4, 0.5) is 5.69 Å². The number of nitrogens with zero attached hydrogens (tertiary/aromatic N) is 1. The first-order valence-electron chi connectivity index (χ1n) is 6.41. The van der Waals surface area contributed by atoms with Crippen molar-refractivity contribution < 1.29 is 9.84 Å². The van der Waals surface area contributed by atoms with Gasteiger partial charge in [0.25, 0.3) is 0 Å². The molecule has 0 radical (unpaired) electrons. The fourth-order valence-electron chi connectivity index (χ4n) is 2.09. The van der Waals surface area contributed by atoms with Crippen LogP contribution in [0.25, 0.3) is 0 Å². The molecular weight excluding hydrogens is 238 g/mol. The molecule has 2 rings (SSSR count). The van der Waals surface area contributed by atoms with Crippen molar-refractivity contribution in [1.82, 2.24) is 0 Å². The Kier molecular flexibility index (Phi) is 4.29. The monoisotopic (exact) mass is 257 g/mol. The van der Waals surface area contributed by atoms with Crippen molar-refractivity contribution in [3.8, 4) is 11.5 Å². The first-order valence-corrected chi connectivity index (χ1v) is 6.41. The number of benzene rings is 2. The summed E-state index contributed by atoms with van der Waals surface area (Å²) >= 11 is 0. The van der Waals surface area contributed by atoms with Crippen LogP contribution < -0.4 is 9.64 Å². The molecule has 0 aliphatic heterocycles. The lowest BCUT2D eigenvalue weighted by atomic mass is 10.1. The van der Waals surface area contributed by atoms with Crippen LogP contribution in [0.1, 0.15) is 12.5 Å². The molecule has 0 amide bonds. The summed E-state index contributed by atoms with van der Waals surface area (Å²) in [5.74, 6) is 0.737. The first kappa shape index (κ1) is 13.3. The second-order valence-corrected chi connectivity index (χ2v) is 4.32. The van der Waals surface area contributed by atoms with Gasteiger partial charge in [0.15, 0.2) is 11.5 Å². The van der Waals surface area contributed by atoms with Crippen LogP contribution in [0.15, 0.2) is 48.5 Å². The summed E-state index contributed by atoms with van der Waals surface area (Å²) in [4.78, 5) is 2.20. The molecule has 3 nitrogen and oxygen atoms in total. The normalized spacial score (nSPS) is 10.2. The Morgan fingerprint density at radius 1 is 1.05 bits per heavy atom. The Morgan fingerprint density at radius 3 is 2.42 bits per heavy atom. The number of hydrogen-bond acceptors (Lipinski definition) is 3. The van der Waals surface area contributed by atoms with E-state index in [1.54, 1.807) is 13.2 Å². The second kappa shape index (κ2) is 6.14. The lowest BCUT2D eigenvalue weighted by Gasteiger charge is -2.24. The van der Waals surface area contributed by atoms with Gasteiger partial charge in [0.2, 0.25) is 0 Å². The zero-order valence-electron chi connectivity index (χ0n) is 11.3. The topological polar surface area (TPSA) is 32.7 Å². The van der Waals surface area contributed by atoms with Crippen LogP contribution >= 0.6 is 0 Å². The quantitative estimate of drug-likeness (QED) is 0.890. The molecule has 2 aromatic carbocycles. The molecular formula is C16H19NO2. The third-order valence-corrected chi connectivity index (χ3v) is 3.17. The summed E-state index contributed by atoms with van der Waals surface area (Å²) in [6.07, 6.45) is 0. The number of para-hydroxylation sites is 2. The molecule has 0 bridgehead atoms. The maximum absolute atomic E-state index is 10.1. The van der Waals surface area contributed by atoms with Crippen LogP contribution in [0.5, 0.6) is 11.5 Å². The van der Waals surface area contributed by atoms with Crippen LogP contribution in [-0.2, 0) is 6.54 Å². The van der Waals surface area contributed by atoms with E-state index < -0.39 is 0 Å². The van der Waals surface area contributed by atoms with Gasteiger partial charge >= 0.3 is 0 Å². The highest BCUT2D eigenvalue weighted by Crippen LogP contribution is 2.31. The van der Waals surface area contributed by atoms with Crippen LogP contribution in [0.3, 0.4) is 0 Å². The lowest BCUT2D eigenvalue weighted by molar-refractivity contribution is 0.370. The SMILES string of the molecule is CCN(Cc1cccc(OC)c1O)c1ccccc1. The van der Waals surface area contributed by atoms with Crippen molar-refractivity contribution in [2.45, 2.75) is 13.5 Å². The van der Waals surface area contributed by atoms with E-state index in [0.717, 1.165) is 17.8 Å². The molecule has 0 spiro atoms. The number of hydrogen-bond donors (Lipinski definition) is 1. The van der Waals surface area contributed by atoms with E-state index in [1.165, 1.54) is 0 Å². The second-order valence-electron chi connectivity index (χ2n) is 4.32. The molecule has 0 atom stereocenters. The largest absolute Gasteiger partial charge is 0.504 e. The highest BCUT2D eigenvalue weighted by Gasteiger charge is 2.11. The maximum atomic E-state index is 10.1. The Hall–Kier alpha value is -2.16. The van der Waals surface area contributed by atoms with Crippen LogP contribution in [-0.4, -0.2) is 18.8 Å². The summed E-state index contributed by atoms with van der Waals surface area (Å²) in [6.45, 7) is 3.63. The van der Waals surface area contributed by atoms with Crippen LogP contribution in [0.2, 0.25) is 0 Å². The highest BCUT2D eigenvalue weighted by molar-refractivity contribution is 5.50. The van der Waals surface area contributed by atoms with E-state index in [9.17, 15) is 5.11 Å². The van der Waals surface area contributed by atoms with Gasteiger partial charge in [-0.25, -0.2) is 0 Å². The number of aromatic hydroxyl groups is 1. The summed E-state index contributed by atoms with van der Waals surface area (Å²) in [5.41, 5.74) is 2.01. The molecule has 0 aromatic heterocycles. The van der Waals surface area contributed by atoms with Crippen LogP contribution in [0, 0.1) is 0 Å². The Balaban J connectivity index is 2.24. The minimum atomic E-state index is 0.222. The zero-order valence-corrected chi connectivity index (χ0v) is 11.3. The summed E-state index contributed by atoms with van der Waals surface area (Å²) in [7, 11) is 1.56. The molecule has 2 aromatic rings. The van der Waals surface area contributed by atoms with Gasteiger partial charge < -0.3 is 14.7 Å². The molecule has 3 heteroatoms. The van der Waals surface area contributed by atoms with E-state index in [1.807, 2.05) is 30.3 Å². The van der Waals surface area contributed by atoms with E-state index in [0.29, 0.717) is 12.3 Å². The molecule has 0 fully saturated rings.